The van der Waals surface area contributed by atoms with E-state index in [0.717, 1.165) is 5.56 Å². The fourth-order valence-electron chi connectivity index (χ4n) is 1.64. The van der Waals surface area contributed by atoms with Crippen molar-refractivity contribution in [3.05, 3.63) is 35.6 Å². The first-order chi connectivity index (χ1) is 9.31. The number of halogens is 1. The van der Waals surface area contributed by atoms with Crippen molar-refractivity contribution in [3.8, 4) is 0 Å². The molecular formula is C14H23FN2O2S. The lowest BCUT2D eigenvalue weighted by Gasteiger charge is -2.16. The van der Waals surface area contributed by atoms with Gasteiger partial charge in [0.15, 0.2) is 0 Å². The van der Waals surface area contributed by atoms with E-state index in [1.807, 2.05) is 13.8 Å². The Bertz CT molecular complexity index is 500. The van der Waals surface area contributed by atoms with Gasteiger partial charge < -0.3 is 5.32 Å². The van der Waals surface area contributed by atoms with Crippen LogP contribution in [0.1, 0.15) is 26.3 Å². The Kier molecular flexibility index (Phi) is 6.58. The highest BCUT2D eigenvalue weighted by Gasteiger charge is 2.19. The molecule has 0 aliphatic rings. The minimum atomic E-state index is -3.32. The Morgan fingerprint density at radius 2 is 1.75 bits per heavy atom. The van der Waals surface area contributed by atoms with Crippen LogP contribution >= 0.6 is 0 Å². The van der Waals surface area contributed by atoms with Crippen LogP contribution in [-0.4, -0.2) is 32.8 Å². The summed E-state index contributed by atoms with van der Waals surface area (Å²) in [5.74, 6) is -0.289. The molecule has 2 N–H and O–H groups in total. The lowest BCUT2D eigenvalue weighted by atomic mass is 10.1. The maximum Gasteiger partial charge on any atom is 0.215 e. The Hall–Kier alpha value is -0.980. The smallest absolute Gasteiger partial charge is 0.215 e. The van der Waals surface area contributed by atoms with Crippen LogP contribution in [0.4, 0.5) is 4.39 Å². The maximum absolute atomic E-state index is 12.7. The Morgan fingerprint density at radius 1 is 1.15 bits per heavy atom. The second kappa shape index (κ2) is 7.71. The summed E-state index contributed by atoms with van der Waals surface area (Å²) in [4.78, 5) is 0. The highest BCUT2D eigenvalue weighted by molar-refractivity contribution is 7.90. The average Bonchev–Trinajstić information content (AvgIpc) is 2.38. The quantitative estimate of drug-likeness (QED) is 0.768. The van der Waals surface area contributed by atoms with Gasteiger partial charge in [-0.05, 0) is 31.0 Å². The van der Waals surface area contributed by atoms with Gasteiger partial charge in [-0.15, -0.1) is 0 Å². The molecule has 1 rings (SSSR count). The minimum absolute atomic E-state index is 0.256. The van der Waals surface area contributed by atoms with Crippen LogP contribution in [0.2, 0.25) is 0 Å². The van der Waals surface area contributed by atoms with E-state index in [2.05, 4.69) is 10.0 Å². The molecule has 0 heterocycles. The largest absolute Gasteiger partial charge is 0.313 e. The molecule has 1 aromatic carbocycles. The van der Waals surface area contributed by atoms with E-state index >= 15 is 0 Å². The summed E-state index contributed by atoms with van der Waals surface area (Å²) < 4.78 is 39.3. The third kappa shape index (κ3) is 5.98. The van der Waals surface area contributed by atoms with Crippen molar-refractivity contribution in [2.24, 2.45) is 0 Å². The molecule has 0 saturated carbocycles. The average molecular weight is 302 g/mol. The van der Waals surface area contributed by atoms with Crippen molar-refractivity contribution in [1.82, 2.24) is 10.0 Å². The van der Waals surface area contributed by atoms with Gasteiger partial charge in [-0.2, -0.15) is 0 Å². The van der Waals surface area contributed by atoms with Gasteiger partial charge in [0, 0.05) is 19.1 Å². The predicted octanol–water partition coefficient (Wildman–Crippen LogP) is 1.67. The van der Waals surface area contributed by atoms with Gasteiger partial charge >= 0.3 is 0 Å². The Morgan fingerprint density at radius 3 is 2.30 bits per heavy atom. The highest BCUT2D eigenvalue weighted by atomic mass is 32.2. The molecule has 0 bridgehead atoms. The van der Waals surface area contributed by atoms with Crippen molar-refractivity contribution >= 4 is 10.0 Å². The number of rotatable bonds is 8. The molecule has 0 aliphatic heterocycles. The van der Waals surface area contributed by atoms with Crippen LogP contribution in [0.15, 0.2) is 24.3 Å². The number of hydrogen-bond acceptors (Lipinski definition) is 3. The van der Waals surface area contributed by atoms with E-state index in [1.165, 1.54) is 12.1 Å². The van der Waals surface area contributed by atoms with Crippen LogP contribution in [-0.2, 0) is 16.4 Å². The van der Waals surface area contributed by atoms with E-state index in [1.54, 1.807) is 19.1 Å². The SMILES string of the molecule is CC(C)NCC(C)S(=O)(=O)NCCc1ccc(F)cc1. The number of hydrogen-bond donors (Lipinski definition) is 2. The fraction of sp³-hybridized carbons (Fsp3) is 0.571. The predicted molar refractivity (Wildman–Crippen MR) is 79.6 cm³/mol. The van der Waals surface area contributed by atoms with E-state index < -0.39 is 15.3 Å². The lowest BCUT2D eigenvalue weighted by molar-refractivity contribution is 0.541. The van der Waals surface area contributed by atoms with Gasteiger partial charge in [-0.25, -0.2) is 17.5 Å². The molecule has 0 fully saturated rings. The van der Waals surface area contributed by atoms with E-state index in [4.69, 9.17) is 0 Å². The molecule has 1 atom stereocenters. The highest BCUT2D eigenvalue weighted by Crippen LogP contribution is 2.04. The molecule has 6 heteroatoms. The molecule has 1 unspecified atom stereocenters. The van der Waals surface area contributed by atoms with Crippen molar-refractivity contribution in [2.75, 3.05) is 13.1 Å². The van der Waals surface area contributed by atoms with Crippen LogP contribution in [0, 0.1) is 5.82 Å². The molecule has 0 radical (unpaired) electrons. The van der Waals surface area contributed by atoms with Crippen molar-refractivity contribution in [2.45, 2.75) is 38.5 Å². The van der Waals surface area contributed by atoms with Gasteiger partial charge in [-0.3, -0.25) is 0 Å². The summed E-state index contributed by atoms with van der Waals surface area (Å²) in [5, 5.41) is 2.62. The molecule has 114 valence electrons. The van der Waals surface area contributed by atoms with Crippen LogP contribution < -0.4 is 10.0 Å². The van der Waals surface area contributed by atoms with E-state index in [-0.39, 0.29) is 11.9 Å². The molecule has 0 saturated heterocycles. The van der Waals surface area contributed by atoms with Crippen molar-refractivity contribution in [1.29, 1.82) is 0 Å². The zero-order valence-electron chi connectivity index (χ0n) is 12.2. The number of nitrogens with one attached hydrogen (secondary N) is 2. The van der Waals surface area contributed by atoms with Crippen molar-refractivity contribution in [3.63, 3.8) is 0 Å². The third-order valence-electron chi connectivity index (χ3n) is 2.97. The topological polar surface area (TPSA) is 58.2 Å². The van der Waals surface area contributed by atoms with Crippen LogP contribution in [0.5, 0.6) is 0 Å². The first-order valence-corrected chi connectivity index (χ1v) is 8.32. The number of benzene rings is 1. The van der Waals surface area contributed by atoms with Gasteiger partial charge in [0.2, 0.25) is 10.0 Å². The van der Waals surface area contributed by atoms with Crippen LogP contribution in [0.3, 0.4) is 0 Å². The summed E-state index contributed by atoms with van der Waals surface area (Å²) in [6, 6.07) is 6.32. The normalized spacial score (nSPS) is 13.7. The molecule has 1 aromatic rings. The van der Waals surface area contributed by atoms with Crippen molar-refractivity contribution < 1.29 is 12.8 Å². The molecular weight excluding hydrogens is 279 g/mol. The van der Waals surface area contributed by atoms with E-state index in [9.17, 15) is 12.8 Å². The molecule has 0 aliphatic carbocycles. The number of sulfonamides is 1. The zero-order chi connectivity index (χ0) is 15.2. The standard InChI is InChI=1S/C14H23FN2O2S/c1-11(2)16-10-12(3)20(18,19)17-9-8-13-4-6-14(15)7-5-13/h4-7,11-12,16-17H,8-10H2,1-3H3. The molecule has 4 nitrogen and oxygen atoms in total. The monoisotopic (exact) mass is 302 g/mol. The third-order valence-corrected chi connectivity index (χ3v) is 4.81. The van der Waals surface area contributed by atoms with Gasteiger partial charge in [0.25, 0.3) is 0 Å². The molecule has 0 spiro atoms. The summed E-state index contributed by atoms with van der Waals surface area (Å²) in [6.45, 7) is 6.36. The second-order valence-corrected chi connectivity index (χ2v) is 7.37. The second-order valence-electron chi connectivity index (χ2n) is 5.19. The fourth-order valence-corrected chi connectivity index (χ4v) is 2.63. The summed E-state index contributed by atoms with van der Waals surface area (Å²) in [6.07, 6.45) is 0.545. The Labute approximate surface area is 120 Å². The molecule has 20 heavy (non-hydrogen) atoms. The maximum atomic E-state index is 12.7. The first kappa shape index (κ1) is 17.1. The van der Waals surface area contributed by atoms with E-state index in [0.29, 0.717) is 19.5 Å². The van der Waals surface area contributed by atoms with Gasteiger partial charge in [-0.1, -0.05) is 26.0 Å². The minimum Gasteiger partial charge on any atom is -0.313 e. The zero-order valence-corrected chi connectivity index (χ0v) is 13.0. The lowest BCUT2D eigenvalue weighted by Crippen LogP contribution is -2.41. The molecule has 0 amide bonds. The summed E-state index contributed by atoms with van der Waals surface area (Å²) >= 11 is 0. The van der Waals surface area contributed by atoms with Gasteiger partial charge in [0.1, 0.15) is 5.82 Å². The first-order valence-electron chi connectivity index (χ1n) is 6.77. The van der Waals surface area contributed by atoms with Gasteiger partial charge in [0.05, 0.1) is 5.25 Å². The summed E-state index contributed by atoms with van der Waals surface area (Å²) in [5.41, 5.74) is 0.905. The summed E-state index contributed by atoms with van der Waals surface area (Å²) in [7, 11) is -3.32. The Balaban J connectivity index is 2.41. The van der Waals surface area contributed by atoms with Crippen LogP contribution in [0.25, 0.3) is 0 Å². The molecule has 0 aromatic heterocycles.